The Morgan fingerprint density at radius 1 is 1.12 bits per heavy atom. The highest BCUT2D eigenvalue weighted by molar-refractivity contribution is 5.92. The van der Waals surface area contributed by atoms with Crippen LogP contribution in [0.25, 0.3) is 5.65 Å². The maximum Gasteiger partial charge on any atom is 0.248 e. The molecule has 0 radical (unpaired) electrons. The number of hydrogen-bond donors (Lipinski definition) is 3. The molecule has 1 amide bonds. The second-order valence-corrected chi connectivity index (χ2v) is 5.39. The fraction of sp³-hybridized carbons (Fsp3) is 0.176. The predicted molar refractivity (Wildman–Crippen MR) is 95.0 cm³/mol. The first-order valence-corrected chi connectivity index (χ1v) is 7.79. The summed E-state index contributed by atoms with van der Waals surface area (Å²) in [5, 5.41) is 14.7. The van der Waals surface area contributed by atoms with Crippen LogP contribution in [0.1, 0.15) is 21.7 Å². The van der Waals surface area contributed by atoms with Crippen molar-refractivity contribution in [3.8, 4) is 0 Å². The van der Waals surface area contributed by atoms with Crippen LogP contribution in [0.5, 0.6) is 0 Å². The zero-order valence-electron chi connectivity index (χ0n) is 13.8. The van der Waals surface area contributed by atoms with Crippen LogP contribution in [0.15, 0.2) is 53.7 Å². The van der Waals surface area contributed by atoms with Gasteiger partial charge >= 0.3 is 0 Å². The van der Waals surface area contributed by atoms with E-state index >= 15 is 0 Å². The Hall–Kier alpha value is -3.42. The standard InChI is InChI=1S/C17H19N7O/c1-19-17(20-10-12-5-7-13(8-6-12)16(18)25)21-11-15-23-22-14-4-2-3-9-24(14)15/h2-9H,10-11H2,1H3,(H2,18,25)(H2,19,20,21). The van der Waals surface area contributed by atoms with Gasteiger partial charge in [-0.3, -0.25) is 14.2 Å². The highest BCUT2D eigenvalue weighted by Gasteiger charge is 2.06. The van der Waals surface area contributed by atoms with Crippen LogP contribution in [-0.2, 0) is 13.1 Å². The molecule has 0 aliphatic rings. The third-order valence-electron chi connectivity index (χ3n) is 3.72. The average Bonchev–Trinajstić information content (AvgIpc) is 3.05. The van der Waals surface area contributed by atoms with E-state index in [9.17, 15) is 4.79 Å². The number of aromatic nitrogens is 3. The van der Waals surface area contributed by atoms with Crippen molar-refractivity contribution in [3.63, 3.8) is 0 Å². The van der Waals surface area contributed by atoms with Gasteiger partial charge in [0.05, 0.1) is 6.54 Å². The van der Waals surface area contributed by atoms with E-state index in [1.54, 1.807) is 19.2 Å². The first-order valence-electron chi connectivity index (χ1n) is 7.79. The second kappa shape index (κ2) is 7.43. The van der Waals surface area contributed by atoms with Crippen LogP contribution in [-0.4, -0.2) is 33.5 Å². The number of nitrogens with zero attached hydrogens (tertiary/aromatic N) is 4. The Morgan fingerprint density at radius 3 is 2.60 bits per heavy atom. The molecule has 0 fully saturated rings. The highest BCUT2D eigenvalue weighted by atomic mass is 16.1. The van der Waals surface area contributed by atoms with Crippen molar-refractivity contribution >= 4 is 17.5 Å². The fourth-order valence-electron chi connectivity index (χ4n) is 2.37. The van der Waals surface area contributed by atoms with E-state index in [0.717, 1.165) is 17.0 Å². The topological polar surface area (TPSA) is 110 Å². The van der Waals surface area contributed by atoms with Crippen molar-refractivity contribution in [3.05, 3.63) is 65.6 Å². The quantitative estimate of drug-likeness (QED) is 0.469. The SMILES string of the molecule is CN=C(NCc1ccc(C(N)=O)cc1)NCc1nnc2ccccn12. The fourth-order valence-corrected chi connectivity index (χ4v) is 2.37. The lowest BCUT2D eigenvalue weighted by Gasteiger charge is -2.11. The second-order valence-electron chi connectivity index (χ2n) is 5.39. The van der Waals surface area contributed by atoms with Gasteiger partial charge in [0.1, 0.15) is 0 Å². The summed E-state index contributed by atoms with van der Waals surface area (Å²) < 4.78 is 1.92. The molecule has 3 aromatic rings. The summed E-state index contributed by atoms with van der Waals surface area (Å²) in [4.78, 5) is 15.3. The molecule has 3 rings (SSSR count). The smallest absolute Gasteiger partial charge is 0.248 e. The molecule has 1 aromatic carbocycles. The zero-order valence-corrected chi connectivity index (χ0v) is 13.8. The average molecular weight is 337 g/mol. The number of hydrogen-bond acceptors (Lipinski definition) is 4. The molecular formula is C17H19N7O. The van der Waals surface area contributed by atoms with Crippen molar-refractivity contribution in [1.29, 1.82) is 0 Å². The summed E-state index contributed by atoms with van der Waals surface area (Å²) in [7, 11) is 1.70. The number of nitrogens with one attached hydrogen (secondary N) is 2. The molecule has 8 nitrogen and oxygen atoms in total. The van der Waals surface area contributed by atoms with E-state index in [-0.39, 0.29) is 0 Å². The molecule has 128 valence electrons. The lowest BCUT2D eigenvalue weighted by Crippen LogP contribution is -2.36. The van der Waals surface area contributed by atoms with E-state index in [0.29, 0.717) is 24.6 Å². The Labute approximate surface area is 144 Å². The summed E-state index contributed by atoms with van der Waals surface area (Å²) in [5.74, 6) is 1.01. The number of guanidine groups is 1. The van der Waals surface area contributed by atoms with Gasteiger partial charge in [0.15, 0.2) is 17.4 Å². The molecular weight excluding hydrogens is 318 g/mol. The highest BCUT2D eigenvalue weighted by Crippen LogP contribution is 2.04. The number of primary amides is 1. The van der Waals surface area contributed by atoms with Crippen molar-refractivity contribution < 1.29 is 4.79 Å². The molecule has 0 saturated carbocycles. The number of benzene rings is 1. The number of carbonyl (C=O) groups excluding carboxylic acids is 1. The maximum absolute atomic E-state index is 11.1. The van der Waals surface area contributed by atoms with Crippen LogP contribution in [0.3, 0.4) is 0 Å². The number of pyridine rings is 1. The normalized spacial score (nSPS) is 11.5. The molecule has 0 atom stereocenters. The van der Waals surface area contributed by atoms with Gasteiger partial charge in [-0.05, 0) is 29.8 Å². The Bertz CT molecular complexity index is 899. The number of nitrogens with two attached hydrogens (primary N) is 1. The van der Waals surface area contributed by atoms with E-state index in [1.807, 2.05) is 40.9 Å². The molecule has 0 spiro atoms. The molecule has 0 unspecified atom stereocenters. The minimum atomic E-state index is -0.433. The largest absolute Gasteiger partial charge is 0.366 e. The van der Waals surface area contributed by atoms with Gasteiger partial charge in [0, 0.05) is 25.4 Å². The molecule has 2 aromatic heterocycles. The van der Waals surface area contributed by atoms with E-state index in [4.69, 9.17) is 5.73 Å². The number of carbonyl (C=O) groups is 1. The monoisotopic (exact) mass is 337 g/mol. The van der Waals surface area contributed by atoms with Crippen molar-refractivity contribution in [2.75, 3.05) is 7.05 Å². The lowest BCUT2D eigenvalue weighted by molar-refractivity contribution is 0.100. The van der Waals surface area contributed by atoms with Crippen LogP contribution < -0.4 is 16.4 Å². The number of amides is 1. The first kappa shape index (κ1) is 16.4. The van der Waals surface area contributed by atoms with E-state index in [2.05, 4.69) is 25.8 Å². The summed E-state index contributed by atoms with van der Waals surface area (Å²) in [6.45, 7) is 1.06. The number of rotatable bonds is 5. The van der Waals surface area contributed by atoms with Gasteiger partial charge in [-0.2, -0.15) is 0 Å². The van der Waals surface area contributed by atoms with Gasteiger partial charge in [-0.15, -0.1) is 10.2 Å². The maximum atomic E-state index is 11.1. The van der Waals surface area contributed by atoms with Crippen LogP contribution in [0.4, 0.5) is 0 Å². The summed E-state index contributed by atoms with van der Waals surface area (Å²) >= 11 is 0. The van der Waals surface area contributed by atoms with Gasteiger partial charge in [-0.25, -0.2) is 0 Å². The minimum absolute atomic E-state index is 0.433. The third kappa shape index (κ3) is 3.92. The first-order chi connectivity index (χ1) is 12.2. The Balaban J connectivity index is 1.57. The summed E-state index contributed by atoms with van der Waals surface area (Å²) in [6.07, 6.45) is 1.92. The van der Waals surface area contributed by atoms with Crippen molar-refractivity contribution in [2.45, 2.75) is 13.1 Å². The van der Waals surface area contributed by atoms with Gasteiger partial charge in [0.25, 0.3) is 0 Å². The van der Waals surface area contributed by atoms with Crippen LogP contribution >= 0.6 is 0 Å². The molecule has 2 heterocycles. The van der Waals surface area contributed by atoms with Gasteiger partial charge in [-0.1, -0.05) is 18.2 Å². The number of fused-ring (bicyclic) bond motifs is 1. The van der Waals surface area contributed by atoms with E-state index in [1.165, 1.54) is 0 Å². The van der Waals surface area contributed by atoms with E-state index < -0.39 is 5.91 Å². The van der Waals surface area contributed by atoms with Crippen LogP contribution in [0, 0.1) is 0 Å². The molecule has 0 saturated heterocycles. The van der Waals surface area contributed by atoms with Crippen molar-refractivity contribution in [2.24, 2.45) is 10.7 Å². The van der Waals surface area contributed by atoms with Crippen molar-refractivity contribution in [1.82, 2.24) is 25.2 Å². The molecule has 25 heavy (non-hydrogen) atoms. The molecule has 0 bridgehead atoms. The number of aliphatic imine (C=N–C) groups is 1. The third-order valence-corrected chi connectivity index (χ3v) is 3.72. The van der Waals surface area contributed by atoms with Gasteiger partial charge < -0.3 is 16.4 Å². The molecule has 0 aliphatic heterocycles. The lowest BCUT2D eigenvalue weighted by atomic mass is 10.1. The molecule has 4 N–H and O–H groups in total. The molecule has 0 aliphatic carbocycles. The summed E-state index contributed by atoms with van der Waals surface area (Å²) in [5.41, 5.74) is 7.54. The summed E-state index contributed by atoms with van der Waals surface area (Å²) in [6, 6.07) is 12.9. The minimum Gasteiger partial charge on any atom is -0.366 e. The molecule has 8 heteroatoms. The van der Waals surface area contributed by atoms with Crippen LogP contribution in [0.2, 0.25) is 0 Å². The zero-order chi connectivity index (χ0) is 17.6. The Kier molecular flexibility index (Phi) is 4.89. The Morgan fingerprint density at radius 2 is 1.88 bits per heavy atom. The predicted octanol–water partition coefficient (Wildman–Crippen LogP) is 0.693. The van der Waals surface area contributed by atoms with Gasteiger partial charge in [0.2, 0.25) is 5.91 Å².